The van der Waals surface area contributed by atoms with Gasteiger partial charge in [-0.25, -0.2) is 9.50 Å². The molecule has 28 heavy (non-hydrogen) atoms. The van der Waals surface area contributed by atoms with E-state index in [0.717, 1.165) is 5.69 Å². The van der Waals surface area contributed by atoms with Crippen molar-refractivity contribution in [3.8, 4) is 6.07 Å². The molecule has 0 unspecified atom stereocenters. The van der Waals surface area contributed by atoms with E-state index in [1.54, 1.807) is 6.92 Å². The number of para-hydroxylation sites is 1. The van der Waals surface area contributed by atoms with E-state index >= 15 is 0 Å². The van der Waals surface area contributed by atoms with Crippen molar-refractivity contribution < 1.29 is 4.79 Å². The Morgan fingerprint density at radius 2 is 2.11 bits per heavy atom. The van der Waals surface area contributed by atoms with Gasteiger partial charge < -0.3 is 10.2 Å². The van der Waals surface area contributed by atoms with E-state index < -0.39 is 0 Å². The predicted octanol–water partition coefficient (Wildman–Crippen LogP) is 1.39. The van der Waals surface area contributed by atoms with Crippen LogP contribution in [0.25, 0.3) is 5.65 Å². The minimum Gasteiger partial charge on any atom is -0.370 e. The molecule has 0 spiro atoms. The van der Waals surface area contributed by atoms with Gasteiger partial charge in [-0.2, -0.15) is 5.26 Å². The standard InChI is InChI=1S/C20H22N6O2/c1-13(25(3)16-7-5-4-6-8-16)11-22-18(27)9-17-14(2)24-19-15(10-21)12-23-26(19)20(17)28/h4-8,12-13,23H,9,11H2,1-3H3,(H,22,27)/t13-/m1/s1. The van der Waals surface area contributed by atoms with Crippen LogP contribution < -0.4 is 15.8 Å². The van der Waals surface area contributed by atoms with E-state index in [1.165, 1.54) is 10.7 Å². The number of nitrogens with zero attached hydrogens (tertiary/aromatic N) is 4. The van der Waals surface area contributed by atoms with Crippen LogP contribution in [0.4, 0.5) is 5.69 Å². The Hall–Kier alpha value is -3.60. The molecule has 1 aromatic carbocycles. The third-order valence-electron chi connectivity index (χ3n) is 4.84. The molecule has 0 radical (unpaired) electrons. The monoisotopic (exact) mass is 378 g/mol. The number of H-pyrrole nitrogens is 1. The van der Waals surface area contributed by atoms with Crippen molar-refractivity contribution in [2.24, 2.45) is 0 Å². The lowest BCUT2D eigenvalue weighted by Crippen LogP contribution is -2.41. The Morgan fingerprint density at radius 1 is 1.39 bits per heavy atom. The lowest BCUT2D eigenvalue weighted by atomic mass is 10.1. The Morgan fingerprint density at radius 3 is 2.79 bits per heavy atom. The number of aromatic nitrogens is 3. The average Bonchev–Trinajstić information content (AvgIpc) is 3.12. The van der Waals surface area contributed by atoms with Gasteiger partial charge in [0.25, 0.3) is 5.56 Å². The van der Waals surface area contributed by atoms with Gasteiger partial charge in [0.1, 0.15) is 11.6 Å². The topological polar surface area (TPSA) is 106 Å². The number of nitrogens with one attached hydrogen (secondary N) is 2. The first-order valence-corrected chi connectivity index (χ1v) is 8.96. The highest BCUT2D eigenvalue weighted by molar-refractivity contribution is 5.79. The van der Waals surface area contributed by atoms with Crippen LogP contribution in [-0.2, 0) is 11.2 Å². The molecule has 0 fully saturated rings. The van der Waals surface area contributed by atoms with Gasteiger partial charge in [0, 0.05) is 42.8 Å². The minimum atomic E-state index is -0.367. The van der Waals surface area contributed by atoms with Crippen molar-refractivity contribution in [2.45, 2.75) is 26.3 Å². The van der Waals surface area contributed by atoms with Crippen LogP contribution in [0.1, 0.15) is 23.7 Å². The first-order valence-electron chi connectivity index (χ1n) is 8.96. The Balaban J connectivity index is 1.68. The van der Waals surface area contributed by atoms with Crippen LogP contribution in [0.5, 0.6) is 0 Å². The Bertz CT molecular complexity index is 1090. The summed E-state index contributed by atoms with van der Waals surface area (Å²) in [5, 5.41) is 14.7. The number of aromatic amines is 1. The summed E-state index contributed by atoms with van der Waals surface area (Å²) in [6, 6.07) is 12.0. The molecule has 3 rings (SSSR count). The van der Waals surface area contributed by atoms with Gasteiger partial charge >= 0.3 is 0 Å². The molecular weight excluding hydrogens is 356 g/mol. The number of rotatable bonds is 6. The Labute approximate surface area is 162 Å². The van der Waals surface area contributed by atoms with Crippen LogP contribution in [0.3, 0.4) is 0 Å². The highest BCUT2D eigenvalue weighted by atomic mass is 16.2. The second kappa shape index (κ2) is 7.96. The molecule has 0 saturated heterocycles. The van der Waals surface area contributed by atoms with Crippen molar-refractivity contribution in [1.82, 2.24) is 19.9 Å². The highest BCUT2D eigenvalue weighted by Gasteiger charge is 2.17. The lowest BCUT2D eigenvalue weighted by molar-refractivity contribution is -0.120. The largest absolute Gasteiger partial charge is 0.370 e. The number of carbonyl (C=O) groups excluding carboxylic acids is 1. The van der Waals surface area contributed by atoms with E-state index in [9.17, 15) is 9.59 Å². The van der Waals surface area contributed by atoms with E-state index in [1.807, 2.05) is 50.4 Å². The SMILES string of the molecule is Cc1nc2c(C#N)c[nH]n2c(=O)c1CC(=O)NC[C@@H](C)N(C)c1ccccc1. The van der Waals surface area contributed by atoms with Gasteiger partial charge in [0.15, 0.2) is 5.65 Å². The van der Waals surface area contributed by atoms with Gasteiger partial charge in [-0.15, -0.1) is 0 Å². The Kier molecular flexibility index (Phi) is 5.45. The molecule has 3 aromatic rings. The quantitative estimate of drug-likeness (QED) is 0.674. The number of carbonyl (C=O) groups is 1. The van der Waals surface area contributed by atoms with Crippen LogP contribution in [-0.4, -0.2) is 40.1 Å². The number of hydrogen-bond donors (Lipinski definition) is 2. The maximum absolute atomic E-state index is 12.6. The van der Waals surface area contributed by atoms with E-state index in [0.29, 0.717) is 17.8 Å². The fourth-order valence-electron chi connectivity index (χ4n) is 2.98. The fraction of sp³-hybridized carbons (Fsp3) is 0.300. The van der Waals surface area contributed by atoms with Crippen LogP contribution >= 0.6 is 0 Å². The normalized spacial score (nSPS) is 11.8. The molecule has 2 N–H and O–H groups in total. The van der Waals surface area contributed by atoms with Crippen molar-refractivity contribution in [2.75, 3.05) is 18.5 Å². The van der Waals surface area contributed by atoms with E-state index in [2.05, 4.69) is 20.3 Å². The molecule has 0 bridgehead atoms. The van der Waals surface area contributed by atoms with Gasteiger partial charge in [0.2, 0.25) is 5.91 Å². The third kappa shape index (κ3) is 3.74. The number of hydrogen-bond acceptors (Lipinski definition) is 5. The molecule has 0 saturated carbocycles. The summed E-state index contributed by atoms with van der Waals surface area (Å²) in [5.74, 6) is -0.248. The number of fused-ring (bicyclic) bond motifs is 1. The number of likely N-dealkylation sites (N-methyl/N-ethyl adjacent to an activating group) is 1. The smallest absolute Gasteiger partial charge is 0.276 e. The molecule has 0 aliphatic heterocycles. The summed E-state index contributed by atoms with van der Waals surface area (Å²) in [7, 11) is 1.97. The zero-order valence-corrected chi connectivity index (χ0v) is 16.1. The highest BCUT2D eigenvalue weighted by Crippen LogP contribution is 2.13. The minimum absolute atomic E-state index is 0.0662. The summed E-state index contributed by atoms with van der Waals surface area (Å²) in [6.07, 6.45) is 1.36. The zero-order chi connectivity index (χ0) is 20.3. The molecule has 2 heterocycles. The molecule has 8 heteroatoms. The zero-order valence-electron chi connectivity index (χ0n) is 16.1. The number of benzene rings is 1. The van der Waals surface area contributed by atoms with Crippen LogP contribution in [0.15, 0.2) is 41.3 Å². The molecule has 1 atom stereocenters. The summed E-state index contributed by atoms with van der Waals surface area (Å²) >= 11 is 0. The first-order chi connectivity index (χ1) is 13.4. The van der Waals surface area contributed by atoms with Gasteiger partial charge in [-0.1, -0.05) is 18.2 Å². The third-order valence-corrected chi connectivity index (χ3v) is 4.84. The summed E-state index contributed by atoms with van der Waals surface area (Å²) in [4.78, 5) is 31.4. The number of anilines is 1. The van der Waals surface area contributed by atoms with Crippen molar-refractivity contribution in [3.05, 3.63) is 63.7 Å². The van der Waals surface area contributed by atoms with Crippen molar-refractivity contribution in [1.29, 1.82) is 5.26 Å². The predicted molar refractivity (Wildman–Crippen MR) is 106 cm³/mol. The van der Waals surface area contributed by atoms with Gasteiger partial charge in [-0.3, -0.25) is 14.7 Å². The maximum Gasteiger partial charge on any atom is 0.276 e. The molecule has 8 nitrogen and oxygen atoms in total. The molecule has 2 aromatic heterocycles. The fourth-order valence-corrected chi connectivity index (χ4v) is 2.98. The van der Waals surface area contributed by atoms with E-state index in [-0.39, 0.29) is 35.1 Å². The summed E-state index contributed by atoms with van der Waals surface area (Å²) in [5.41, 5.74) is 2.01. The molecule has 1 amide bonds. The van der Waals surface area contributed by atoms with E-state index in [4.69, 9.17) is 5.26 Å². The second-order valence-electron chi connectivity index (χ2n) is 6.72. The number of nitriles is 1. The molecule has 144 valence electrons. The van der Waals surface area contributed by atoms with Crippen molar-refractivity contribution >= 4 is 17.2 Å². The van der Waals surface area contributed by atoms with Gasteiger partial charge in [0.05, 0.1) is 6.42 Å². The molecule has 0 aliphatic rings. The van der Waals surface area contributed by atoms with Crippen LogP contribution in [0, 0.1) is 18.3 Å². The summed E-state index contributed by atoms with van der Waals surface area (Å²) in [6.45, 7) is 4.13. The molecular formula is C20H22N6O2. The maximum atomic E-state index is 12.6. The number of aryl methyl sites for hydroxylation is 1. The van der Waals surface area contributed by atoms with Crippen LogP contribution in [0.2, 0.25) is 0 Å². The second-order valence-corrected chi connectivity index (χ2v) is 6.72. The number of amides is 1. The average molecular weight is 378 g/mol. The van der Waals surface area contributed by atoms with Crippen molar-refractivity contribution in [3.63, 3.8) is 0 Å². The first kappa shape index (κ1) is 19.2. The summed E-state index contributed by atoms with van der Waals surface area (Å²) < 4.78 is 1.19. The lowest BCUT2D eigenvalue weighted by Gasteiger charge is -2.27. The molecule has 0 aliphatic carbocycles. The van der Waals surface area contributed by atoms with Gasteiger partial charge in [-0.05, 0) is 26.0 Å².